The third-order valence-corrected chi connectivity index (χ3v) is 3.03. The van der Waals surface area contributed by atoms with Gasteiger partial charge < -0.3 is 11.1 Å². The molecule has 0 radical (unpaired) electrons. The van der Waals surface area contributed by atoms with Crippen LogP contribution in [0.15, 0.2) is 30.4 Å². The number of nitro benzene ring substituents is 1. The highest BCUT2D eigenvalue weighted by molar-refractivity contribution is 5.95. The summed E-state index contributed by atoms with van der Waals surface area (Å²) in [6.45, 7) is 3.76. The third-order valence-electron chi connectivity index (χ3n) is 3.03. The summed E-state index contributed by atoms with van der Waals surface area (Å²) in [7, 11) is 1.52. The highest BCUT2D eigenvalue weighted by Gasteiger charge is 2.20. The topological polar surface area (TPSA) is 115 Å². The van der Waals surface area contributed by atoms with Gasteiger partial charge in [0.15, 0.2) is 0 Å². The lowest BCUT2D eigenvalue weighted by Crippen LogP contribution is -2.18. The number of nitrogens with two attached hydrogens (primary N) is 1. The van der Waals surface area contributed by atoms with Gasteiger partial charge in [-0.3, -0.25) is 19.7 Å². The molecule has 0 aliphatic carbocycles. The van der Waals surface area contributed by atoms with Crippen molar-refractivity contribution in [2.75, 3.05) is 7.05 Å². The highest BCUT2D eigenvalue weighted by Crippen LogP contribution is 2.25. The quantitative estimate of drug-likeness (QED) is 0.447. The molecule has 7 nitrogen and oxygen atoms in total. The number of nitro groups is 1. The SMILES string of the molecule is C=C(CCc1c(C(N)=O)cccc1[N+](=O)[O-])CC(=O)NC. The van der Waals surface area contributed by atoms with Gasteiger partial charge in [-0.15, -0.1) is 0 Å². The zero-order valence-corrected chi connectivity index (χ0v) is 11.7. The molecule has 1 rings (SSSR count). The van der Waals surface area contributed by atoms with Gasteiger partial charge in [0.1, 0.15) is 0 Å². The predicted molar refractivity (Wildman–Crippen MR) is 77.8 cm³/mol. The maximum Gasteiger partial charge on any atom is 0.273 e. The predicted octanol–water partition coefficient (Wildman–Crippen LogP) is 1.32. The fourth-order valence-electron chi connectivity index (χ4n) is 1.94. The summed E-state index contributed by atoms with van der Waals surface area (Å²) < 4.78 is 0. The van der Waals surface area contributed by atoms with E-state index in [0.29, 0.717) is 12.0 Å². The second kappa shape index (κ2) is 7.18. The molecule has 1 aromatic carbocycles. The van der Waals surface area contributed by atoms with Gasteiger partial charge >= 0.3 is 0 Å². The fourth-order valence-corrected chi connectivity index (χ4v) is 1.94. The Kier molecular flexibility index (Phi) is 5.59. The molecule has 21 heavy (non-hydrogen) atoms. The van der Waals surface area contributed by atoms with E-state index in [0.717, 1.165) is 0 Å². The van der Waals surface area contributed by atoms with Crippen molar-refractivity contribution in [1.82, 2.24) is 5.32 Å². The van der Waals surface area contributed by atoms with Crippen molar-refractivity contribution >= 4 is 17.5 Å². The Labute approximate surface area is 122 Å². The van der Waals surface area contributed by atoms with Gasteiger partial charge in [-0.1, -0.05) is 18.2 Å². The minimum absolute atomic E-state index is 0.122. The standard InChI is InChI=1S/C14H17N3O4/c1-9(8-13(18)16-2)6-7-10-11(14(15)19)4-3-5-12(10)17(20)21/h3-5H,1,6-8H2,2H3,(H2,15,19)(H,16,18). The van der Waals surface area contributed by atoms with E-state index >= 15 is 0 Å². The van der Waals surface area contributed by atoms with Crippen molar-refractivity contribution in [3.05, 3.63) is 51.6 Å². The van der Waals surface area contributed by atoms with E-state index in [2.05, 4.69) is 11.9 Å². The molecule has 2 amide bonds. The summed E-state index contributed by atoms with van der Waals surface area (Å²) in [4.78, 5) is 33.1. The number of primary amides is 1. The molecule has 0 spiro atoms. The number of rotatable bonds is 7. The number of amides is 2. The number of hydrogen-bond acceptors (Lipinski definition) is 4. The third kappa shape index (κ3) is 4.41. The van der Waals surface area contributed by atoms with E-state index in [-0.39, 0.29) is 35.6 Å². The number of hydrogen-bond donors (Lipinski definition) is 2. The first-order chi connectivity index (χ1) is 9.86. The van der Waals surface area contributed by atoms with Crippen LogP contribution in [0.5, 0.6) is 0 Å². The van der Waals surface area contributed by atoms with Crippen LogP contribution < -0.4 is 11.1 Å². The molecule has 0 bridgehead atoms. The molecule has 3 N–H and O–H groups in total. The number of nitrogens with zero attached hydrogens (tertiary/aromatic N) is 1. The first-order valence-electron chi connectivity index (χ1n) is 6.30. The van der Waals surface area contributed by atoms with Gasteiger partial charge in [0.05, 0.1) is 4.92 Å². The molecular weight excluding hydrogens is 274 g/mol. The van der Waals surface area contributed by atoms with Crippen molar-refractivity contribution in [2.45, 2.75) is 19.3 Å². The number of benzene rings is 1. The van der Waals surface area contributed by atoms with Crippen LogP contribution >= 0.6 is 0 Å². The van der Waals surface area contributed by atoms with Crippen LogP contribution in [0, 0.1) is 10.1 Å². The highest BCUT2D eigenvalue weighted by atomic mass is 16.6. The second-order valence-corrected chi connectivity index (χ2v) is 4.52. The van der Waals surface area contributed by atoms with Crippen LogP contribution in [-0.4, -0.2) is 23.8 Å². The van der Waals surface area contributed by atoms with E-state index in [9.17, 15) is 19.7 Å². The molecule has 0 atom stereocenters. The maximum absolute atomic E-state index is 11.4. The maximum atomic E-state index is 11.4. The van der Waals surface area contributed by atoms with E-state index < -0.39 is 10.8 Å². The summed E-state index contributed by atoms with van der Waals surface area (Å²) in [6.07, 6.45) is 0.729. The first-order valence-corrected chi connectivity index (χ1v) is 6.30. The number of nitrogens with one attached hydrogen (secondary N) is 1. The van der Waals surface area contributed by atoms with E-state index in [1.54, 1.807) is 0 Å². The van der Waals surface area contributed by atoms with Crippen molar-refractivity contribution in [1.29, 1.82) is 0 Å². The Balaban J connectivity index is 2.96. The smallest absolute Gasteiger partial charge is 0.273 e. The molecule has 0 heterocycles. The average Bonchev–Trinajstić information content (AvgIpc) is 2.44. The zero-order chi connectivity index (χ0) is 16.0. The number of carbonyl (C=O) groups excluding carboxylic acids is 2. The largest absolute Gasteiger partial charge is 0.366 e. The Hall–Kier alpha value is -2.70. The van der Waals surface area contributed by atoms with Crippen molar-refractivity contribution < 1.29 is 14.5 Å². The number of carbonyl (C=O) groups is 2. The van der Waals surface area contributed by atoms with Crippen molar-refractivity contribution in [3.63, 3.8) is 0 Å². The zero-order valence-electron chi connectivity index (χ0n) is 11.7. The minimum atomic E-state index is -0.717. The molecule has 0 fully saturated rings. The minimum Gasteiger partial charge on any atom is -0.366 e. The van der Waals surface area contributed by atoms with Gasteiger partial charge in [-0.2, -0.15) is 0 Å². The van der Waals surface area contributed by atoms with Crippen LogP contribution in [0.2, 0.25) is 0 Å². The van der Waals surface area contributed by atoms with Crippen LogP contribution in [-0.2, 0) is 11.2 Å². The molecule has 0 aliphatic heterocycles. The van der Waals surface area contributed by atoms with Crippen LogP contribution in [0.1, 0.15) is 28.8 Å². The summed E-state index contributed by atoms with van der Waals surface area (Å²) in [6, 6.07) is 4.19. The fraction of sp³-hybridized carbons (Fsp3) is 0.286. The molecule has 0 saturated carbocycles. The average molecular weight is 291 g/mol. The molecule has 1 aromatic rings. The van der Waals surface area contributed by atoms with Crippen LogP contribution in [0.4, 0.5) is 5.69 Å². The van der Waals surface area contributed by atoms with Gasteiger partial charge in [-0.05, 0) is 18.9 Å². The lowest BCUT2D eigenvalue weighted by Gasteiger charge is -2.09. The summed E-state index contributed by atoms with van der Waals surface area (Å²) in [5.41, 5.74) is 6.11. The van der Waals surface area contributed by atoms with Crippen LogP contribution in [0.3, 0.4) is 0 Å². The normalized spacial score (nSPS) is 9.95. The van der Waals surface area contributed by atoms with E-state index in [4.69, 9.17) is 5.73 Å². The van der Waals surface area contributed by atoms with Gasteiger partial charge in [-0.25, -0.2) is 0 Å². The summed E-state index contributed by atoms with van der Waals surface area (Å²) >= 11 is 0. The van der Waals surface area contributed by atoms with Gasteiger partial charge in [0.25, 0.3) is 5.69 Å². The van der Waals surface area contributed by atoms with E-state index in [1.165, 1.54) is 25.2 Å². The molecule has 0 saturated heterocycles. The lowest BCUT2D eigenvalue weighted by molar-refractivity contribution is -0.385. The van der Waals surface area contributed by atoms with E-state index in [1.807, 2.05) is 0 Å². The monoisotopic (exact) mass is 291 g/mol. The van der Waals surface area contributed by atoms with Crippen LogP contribution in [0.25, 0.3) is 0 Å². The van der Waals surface area contributed by atoms with Gasteiger partial charge in [0.2, 0.25) is 11.8 Å². The molecule has 0 aromatic heterocycles. The Bertz CT molecular complexity index is 564. The molecular formula is C14H17N3O4. The summed E-state index contributed by atoms with van der Waals surface area (Å²) in [5.74, 6) is -0.900. The summed E-state index contributed by atoms with van der Waals surface area (Å²) in [5, 5.41) is 13.5. The second-order valence-electron chi connectivity index (χ2n) is 4.52. The van der Waals surface area contributed by atoms with Crippen molar-refractivity contribution in [2.24, 2.45) is 5.73 Å². The Morgan fingerprint density at radius 3 is 2.62 bits per heavy atom. The molecule has 7 heteroatoms. The molecule has 112 valence electrons. The Morgan fingerprint density at radius 2 is 2.10 bits per heavy atom. The Morgan fingerprint density at radius 1 is 1.43 bits per heavy atom. The van der Waals surface area contributed by atoms with Gasteiger partial charge in [0, 0.05) is 30.7 Å². The van der Waals surface area contributed by atoms with Crippen molar-refractivity contribution in [3.8, 4) is 0 Å². The first kappa shape index (κ1) is 16.4. The lowest BCUT2D eigenvalue weighted by atomic mass is 9.97. The molecule has 0 aliphatic rings. The molecule has 0 unspecified atom stereocenters.